The number of carbonyl (C=O) groups excluding carboxylic acids is 1. The standard InChI is InChI=1S/C19H20FN5O/c20-15-7-5-14(6-8-15)13-25-18(9-11-21-25)22-19(26)17-10-12-24(23-17)16-3-1-2-4-16/h5-12,16H,1-4,13H2,(H,22,26). The molecule has 1 N–H and O–H groups in total. The second-order valence-corrected chi connectivity index (χ2v) is 6.57. The van der Waals surface area contributed by atoms with E-state index in [2.05, 4.69) is 15.5 Å². The van der Waals surface area contributed by atoms with E-state index in [0.717, 1.165) is 18.4 Å². The summed E-state index contributed by atoms with van der Waals surface area (Å²) in [5, 5.41) is 11.5. The molecule has 1 fully saturated rings. The Labute approximate surface area is 150 Å². The molecule has 1 aromatic carbocycles. The van der Waals surface area contributed by atoms with Gasteiger partial charge in [-0.05, 0) is 36.6 Å². The Balaban J connectivity index is 1.45. The van der Waals surface area contributed by atoms with E-state index in [1.807, 2.05) is 10.9 Å². The van der Waals surface area contributed by atoms with E-state index in [9.17, 15) is 9.18 Å². The predicted molar refractivity (Wildman–Crippen MR) is 95.4 cm³/mol. The SMILES string of the molecule is O=C(Nc1ccnn1Cc1ccc(F)cc1)c1ccn(C2CCCC2)n1. The maximum Gasteiger partial charge on any atom is 0.277 e. The van der Waals surface area contributed by atoms with Gasteiger partial charge in [0, 0.05) is 12.3 Å². The van der Waals surface area contributed by atoms with Crippen molar-refractivity contribution < 1.29 is 9.18 Å². The Kier molecular flexibility index (Phi) is 4.51. The number of rotatable bonds is 5. The molecule has 0 unspecified atom stereocenters. The minimum atomic E-state index is -0.277. The molecule has 1 aliphatic carbocycles. The fourth-order valence-electron chi connectivity index (χ4n) is 3.34. The van der Waals surface area contributed by atoms with Crippen LogP contribution < -0.4 is 5.32 Å². The van der Waals surface area contributed by atoms with Gasteiger partial charge in [-0.1, -0.05) is 25.0 Å². The molecule has 2 heterocycles. The van der Waals surface area contributed by atoms with Gasteiger partial charge in [-0.2, -0.15) is 10.2 Å². The number of aromatic nitrogens is 4. The van der Waals surface area contributed by atoms with Crippen LogP contribution in [0, 0.1) is 5.82 Å². The third-order valence-corrected chi connectivity index (χ3v) is 4.74. The van der Waals surface area contributed by atoms with Gasteiger partial charge in [0.1, 0.15) is 11.6 Å². The zero-order chi connectivity index (χ0) is 17.9. The van der Waals surface area contributed by atoms with E-state index in [1.165, 1.54) is 25.0 Å². The molecule has 0 atom stereocenters. The molecule has 2 aromatic heterocycles. The van der Waals surface area contributed by atoms with Gasteiger partial charge in [0.15, 0.2) is 5.69 Å². The van der Waals surface area contributed by atoms with Crippen molar-refractivity contribution in [2.24, 2.45) is 0 Å². The normalized spacial score (nSPS) is 14.7. The molecular weight excluding hydrogens is 333 g/mol. The van der Waals surface area contributed by atoms with Crippen LogP contribution in [0.25, 0.3) is 0 Å². The number of nitrogens with one attached hydrogen (secondary N) is 1. The first-order valence-corrected chi connectivity index (χ1v) is 8.82. The summed E-state index contributed by atoms with van der Waals surface area (Å²) in [7, 11) is 0. The van der Waals surface area contributed by atoms with Crippen LogP contribution in [-0.4, -0.2) is 25.5 Å². The van der Waals surface area contributed by atoms with Crippen molar-refractivity contribution in [3.05, 3.63) is 65.9 Å². The minimum Gasteiger partial charge on any atom is -0.305 e. The van der Waals surface area contributed by atoms with E-state index >= 15 is 0 Å². The van der Waals surface area contributed by atoms with Gasteiger partial charge >= 0.3 is 0 Å². The van der Waals surface area contributed by atoms with Gasteiger partial charge in [0.05, 0.1) is 18.8 Å². The van der Waals surface area contributed by atoms with Crippen LogP contribution in [0.15, 0.2) is 48.8 Å². The van der Waals surface area contributed by atoms with Crippen molar-refractivity contribution >= 4 is 11.7 Å². The molecule has 3 aromatic rings. The Bertz CT molecular complexity index is 893. The molecule has 0 saturated heterocycles. The van der Waals surface area contributed by atoms with Crippen LogP contribution in [0.3, 0.4) is 0 Å². The number of benzene rings is 1. The lowest BCUT2D eigenvalue weighted by Crippen LogP contribution is -2.17. The molecule has 26 heavy (non-hydrogen) atoms. The number of anilines is 1. The summed E-state index contributed by atoms with van der Waals surface area (Å²) in [6, 6.07) is 10.1. The highest BCUT2D eigenvalue weighted by Gasteiger charge is 2.19. The van der Waals surface area contributed by atoms with Crippen LogP contribution in [0.4, 0.5) is 10.2 Å². The van der Waals surface area contributed by atoms with Crippen LogP contribution in [0.1, 0.15) is 47.8 Å². The molecule has 4 rings (SSSR count). The molecule has 1 saturated carbocycles. The Morgan fingerprint density at radius 1 is 1.15 bits per heavy atom. The molecule has 7 heteroatoms. The highest BCUT2D eigenvalue weighted by Crippen LogP contribution is 2.28. The van der Waals surface area contributed by atoms with Gasteiger partial charge in [0.2, 0.25) is 0 Å². The second-order valence-electron chi connectivity index (χ2n) is 6.57. The maximum absolute atomic E-state index is 13.0. The van der Waals surface area contributed by atoms with E-state index in [0.29, 0.717) is 24.1 Å². The third-order valence-electron chi connectivity index (χ3n) is 4.74. The monoisotopic (exact) mass is 353 g/mol. The summed E-state index contributed by atoms with van der Waals surface area (Å²) in [4.78, 5) is 12.5. The van der Waals surface area contributed by atoms with E-state index in [4.69, 9.17) is 0 Å². The summed E-state index contributed by atoms with van der Waals surface area (Å²) in [5.41, 5.74) is 1.29. The van der Waals surface area contributed by atoms with Crippen molar-refractivity contribution in [3.8, 4) is 0 Å². The largest absolute Gasteiger partial charge is 0.305 e. The highest BCUT2D eigenvalue weighted by atomic mass is 19.1. The average molecular weight is 353 g/mol. The molecule has 0 radical (unpaired) electrons. The number of nitrogens with zero attached hydrogens (tertiary/aromatic N) is 4. The van der Waals surface area contributed by atoms with Crippen LogP contribution in [0.5, 0.6) is 0 Å². The molecular formula is C19H20FN5O. The van der Waals surface area contributed by atoms with Crippen molar-refractivity contribution in [2.45, 2.75) is 38.3 Å². The van der Waals surface area contributed by atoms with Crippen molar-refractivity contribution in [1.82, 2.24) is 19.6 Å². The van der Waals surface area contributed by atoms with E-state index in [1.54, 1.807) is 35.1 Å². The van der Waals surface area contributed by atoms with Crippen molar-refractivity contribution in [3.63, 3.8) is 0 Å². The Morgan fingerprint density at radius 3 is 2.69 bits per heavy atom. The van der Waals surface area contributed by atoms with Crippen LogP contribution >= 0.6 is 0 Å². The molecule has 0 bridgehead atoms. The van der Waals surface area contributed by atoms with E-state index < -0.39 is 0 Å². The molecule has 6 nitrogen and oxygen atoms in total. The summed E-state index contributed by atoms with van der Waals surface area (Å²) in [6.07, 6.45) is 8.17. The molecule has 0 aliphatic heterocycles. The fraction of sp³-hybridized carbons (Fsp3) is 0.316. The van der Waals surface area contributed by atoms with Gasteiger partial charge in [-0.25, -0.2) is 9.07 Å². The van der Waals surface area contributed by atoms with Crippen molar-refractivity contribution in [2.75, 3.05) is 5.32 Å². The second kappa shape index (κ2) is 7.11. The lowest BCUT2D eigenvalue weighted by atomic mass is 10.2. The van der Waals surface area contributed by atoms with Gasteiger partial charge in [0.25, 0.3) is 5.91 Å². The first kappa shape index (κ1) is 16.5. The lowest BCUT2D eigenvalue weighted by Gasteiger charge is -2.10. The van der Waals surface area contributed by atoms with Crippen molar-refractivity contribution in [1.29, 1.82) is 0 Å². The first-order chi connectivity index (χ1) is 12.7. The number of hydrogen-bond acceptors (Lipinski definition) is 3. The molecule has 1 aliphatic rings. The lowest BCUT2D eigenvalue weighted by molar-refractivity contribution is 0.102. The predicted octanol–water partition coefficient (Wildman–Crippen LogP) is 3.63. The van der Waals surface area contributed by atoms with Gasteiger partial charge in [-0.15, -0.1) is 0 Å². The Morgan fingerprint density at radius 2 is 1.92 bits per heavy atom. The minimum absolute atomic E-state index is 0.261. The molecule has 1 amide bonds. The Hall–Kier alpha value is -2.96. The molecule has 134 valence electrons. The summed E-state index contributed by atoms with van der Waals surface area (Å²) in [5.74, 6) is 0.0398. The summed E-state index contributed by atoms with van der Waals surface area (Å²) >= 11 is 0. The summed E-state index contributed by atoms with van der Waals surface area (Å²) in [6.45, 7) is 0.444. The first-order valence-electron chi connectivity index (χ1n) is 8.82. The zero-order valence-corrected chi connectivity index (χ0v) is 14.3. The smallest absolute Gasteiger partial charge is 0.277 e. The van der Waals surface area contributed by atoms with Crippen LogP contribution in [-0.2, 0) is 6.54 Å². The zero-order valence-electron chi connectivity index (χ0n) is 14.3. The quantitative estimate of drug-likeness (QED) is 0.762. The maximum atomic E-state index is 13.0. The topological polar surface area (TPSA) is 64.7 Å². The van der Waals surface area contributed by atoms with E-state index in [-0.39, 0.29) is 11.7 Å². The highest BCUT2D eigenvalue weighted by molar-refractivity contribution is 6.02. The average Bonchev–Trinajstić information content (AvgIpc) is 3.38. The number of carbonyl (C=O) groups is 1. The number of halogens is 1. The number of hydrogen-bond donors (Lipinski definition) is 1. The fourth-order valence-corrected chi connectivity index (χ4v) is 3.34. The van der Waals surface area contributed by atoms with Gasteiger partial charge in [-0.3, -0.25) is 9.48 Å². The number of amides is 1. The van der Waals surface area contributed by atoms with Gasteiger partial charge < -0.3 is 5.32 Å². The summed E-state index contributed by atoms with van der Waals surface area (Å²) < 4.78 is 16.6. The molecule has 0 spiro atoms. The van der Waals surface area contributed by atoms with Crippen LogP contribution in [0.2, 0.25) is 0 Å². The third kappa shape index (κ3) is 3.51.